The van der Waals surface area contributed by atoms with Crippen LogP contribution in [0.25, 0.3) is 10.4 Å². The Kier molecular flexibility index (Phi) is 4.91. The SMILES string of the molecule is Cc1nc(N)sc1-c1cc(Cc2ccccc2)cc(N2CCOCC2)c1. The van der Waals surface area contributed by atoms with E-state index in [-0.39, 0.29) is 0 Å². The van der Waals surface area contributed by atoms with Crippen LogP contribution >= 0.6 is 11.3 Å². The summed E-state index contributed by atoms with van der Waals surface area (Å²) in [6.45, 7) is 5.45. The molecule has 4 nitrogen and oxygen atoms in total. The smallest absolute Gasteiger partial charge is 0.180 e. The van der Waals surface area contributed by atoms with Crippen molar-refractivity contribution in [2.24, 2.45) is 0 Å². The summed E-state index contributed by atoms with van der Waals surface area (Å²) in [5.74, 6) is 0. The van der Waals surface area contributed by atoms with E-state index in [2.05, 4.69) is 58.4 Å². The first kappa shape index (κ1) is 17.1. The third kappa shape index (κ3) is 3.74. The molecule has 2 heterocycles. The molecule has 0 radical (unpaired) electrons. The van der Waals surface area contributed by atoms with Crippen molar-refractivity contribution < 1.29 is 4.74 Å². The number of aryl methyl sites for hydroxylation is 1. The molecule has 0 spiro atoms. The number of aromatic nitrogens is 1. The lowest BCUT2D eigenvalue weighted by molar-refractivity contribution is 0.122. The number of hydrogen-bond donors (Lipinski definition) is 1. The third-order valence-electron chi connectivity index (χ3n) is 4.68. The fourth-order valence-electron chi connectivity index (χ4n) is 3.43. The topological polar surface area (TPSA) is 51.4 Å². The third-order valence-corrected chi connectivity index (χ3v) is 5.72. The van der Waals surface area contributed by atoms with Crippen molar-refractivity contribution in [3.8, 4) is 10.4 Å². The highest BCUT2D eigenvalue weighted by Crippen LogP contribution is 2.35. The lowest BCUT2D eigenvalue weighted by Gasteiger charge is -2.29. The van der Waals surface area contributed by atoms with Crippen LogP contribution in [0.4, 0.5) is 10.8 Å². The maximum Gasteiger partial charge on any atom is 0.180 e. The molecule has 26 heavy (non-hydrogen) atoms. The Labute approximate surface area is 158 Å². The highest BCUT2D eigenvalue weighted by Gasteiger charge is 2.16. The van der Waals surface area contributed by atoms with Crippen LogP contribution in [0.5, 0.6) is 0 Å². The number of thiazole rings is 1. The fraction of sp³-hybridized carbons (Fsp3) is 0.286. The normalized spacial score (nSPS) is 14.6. The van der Waals surface area contributed by atoms with Gasteiger partial charge in [-0.2, -0.15) is 0 Å². The quantitative estimate of drug-likeness (QED) is 0.755. The van der Waals surface area contributed by atoms with Gasteiger partial charge >= 0.3 is 0 Å². The Morgan fingerprint density at radius 2 is 1.85 bits per heavy atom. The summed E-state index contributed by atoms with van der Waals surface area (Å²) < 4.78 is 5.52. The summed E-state index contributed by atoms with van der Waals surface area (Å²) in [7, 11) is 0. The van der Waals surface area contributed by atoms with Gasteiger partial charge in [-0.25, -0.2) is 4.98 Å². The van der Waals surface area contributed by atoms with Crippen molar-refractivity contribution in [3.63, 3.8) is 0 Å². The predicted molar refractivity (Wildman–Crippen MR) is 109 cm³/mol. The zero-order valence-corrected chi connectivity index (χ0v) is 15.8. The molecule has 1 aliphatic heterocycles. The van der Waals surface area contributed by atoms with E-state index in [9.17, 15) is 0 Å². The summed E-state index contributed by atoms with van der Waals surface area (Å²) >= 11 is 1.56. The minimum atomic E-state index is 0.624. The van der Waals surface area contributed by atoms with Gasteiger partial charge in [-0.05, 0) is 48.2 Å². The number of benzene rings is 2. The number of hydrogen-bond acceptors (Lipinski definition) is 5. The van der Waals surface area contributed by atoms with Crippen molar-refractivity contribution >= 4 is 22.2 Å². The van der Waals surface area contributed by atoms with E-state index in [1.165, 1.54) is 22.4 Å². The van der Waals surface area contributed by atoms with Crippen LogP contribution in [0, 0.1) is 6.92 Å². The highest BCUT2D eigenvalue weighted by molar-refractivity contribution is 7.18. The number of ether oxygens (including phenoxy) is 1. The van der Waals surface area contributed by atoms with Crippen LogP contribution in [0.1, 0.15) is 16.8 Å². The van der Waals surface area contributed by atoms with Gasteiger partial charge in [-0.15, -0.1) is 0 Å². The number of morpholine rings is 1. The van der Waals surface area contributed by atoms with E-state index in [4.69, 9.17) is 10.5 Å². The number of nitrogen functional groups attached to an aromatic ring is 1. The second kappa shape index (κ2) is 7.48. The van der Waals surface area contributed by atoms with Crippen LogP contribution in [0.15, 0.2) is 48.5 Å². The molecule has 0 atom stereocenters. The van der Waals surface area contributed by atoms with Crippen LogP contribution < -0.4 is 10.6 Å². The average molecular weight is 366 g/mol. The standard InChI is InChI=1S/C21H23N3OS/c1-15-20(26-21(22)23-15)18-12-17(11-16-5-3-2-4-6-16)13-19(14-18)24-7-9-25-10-8-24/h2-6,12-14H,7-11H2,1H3,(H2,22,23). The largest absolute Gasteiger partial charge is 0.378 e. The van der Waals surface area contributed by atoms with Crippen LogP contribution in [-0.4, -0.2) is 31.3 Å². The minimum absolute atomic E-state index is 0.624. The summed E-state index contributed by atoms with van der Waals surface area (Å²) in [5, 5.41) is 0.624. The van der Waals surface area contributed by atoms with E-state index in [1.807, 2.05) is 6.92 Å². The van der Waals surface area contributed by atoms with Gasteiger partial charge in [0.2, 0.25) is 0 Å². The van der Waals surface area contributed by atoms with E-state index in [1.54, 1.807) is 11.3 Å². The van der Waals surface area contributed by atoms with Crippen molar-refractivity contribution in [1.82, 2.24) is 4.98 Å². The molecule has 0 amide bonds. The van der Waals surface area contributed by atoms with Crippen LogP contribution in [0.3, 0.4) is 0 Å². The maximum atomic E-state index is 5.94. The van der Waals surface area contributed by atoms with Gasteiger partial charge in [0.25, 0.3) is 0 Å². The molecule has 134 valence electrons. The molecular weight excluding hydrogens is 342 g/mol. The first-order valence-corrected chi connectivity index (χ1v) is 9.74. The van der Waals surface area contributed by atoms with Gasteiger partial charge in [-0.3, -0.25) is 0 Å². The van der Waals surface area contributed by atoms with E-state index in [0.29, 0.717) is 5.13 Å². The zero-order chi connectivity index (χ0) is 17.9. The average Bonchev–Trinajstić information content (AvgIpc) is 3.01. The second-order valence-electron chi connectivity index (χ2n) is 6.62. The van der Waals surface area contributed by atoms with Crippen LogP contribution in [0.2, 0.25) is 0 Å². The Bertz CT molecular complexity index is 886. The number of rotatable bonds is 4. The number of nitrogens with zero attached hydrogens (tertiary/aromatic N) is 2. The summed E-state index contributed by atoms with van der Waals surface area (Å²) in [6, 6.07) is 17.4. The molecule has 4 rings (SSSR count). The van der Waals surface area contributed by atoms with E-state index < -0.39 is 0 Å². The molecule has 1 aliphatic rings. The predicted octanol–water partition coefficient (Wildman–Crippen LogP) is 4.13. The molecule has 2 aromatic carbocycles. The molecular formula is C21H23N3OS. The Morgan fingerprint density at radius 1 is 1.08 bits per heavy atom. The minimum Gasteiger partial charge on any atom is -0.378 e. The van der Waals surface area contributed by atoms with Gasteiger partial charge < -0.3 is 15.4 Å². The van der Waals surface area contributed by atoms with Crippen molar-refractivity contribution in [3.05, 3.63) is 65.4 Å². The zero-order valence-electron chi connectivity index (χ0n) is 14.9. The Hall–Kier alpha value is -2.37. The Balaban J connectivity index is 1.75. The molecule has 2 N–H and O–H groups in total. The second-order valence-corrected chi connectivity index (χ2v) is 7.65. The van der Waals surface area contributed by atoms with Gasteiger partial charge in [0.1, 0.15) is 0 Å². The molecule has 0 unspecified atom stereocenters. The van der Waals surface area contributed by atoms with Gasteiger partial charge in [0, 0.05) is 18.8 Å². The van der Waals surface area contributed by atoms with Crippen molar-refractivity contribution in [1.29, 1.82) is 0 Å². The molecule has 1 saturated heterocycles. The first-order chi connectivity index (χ1) is 12.7. The lowest BCUT2D eigenvalue weighted by Crippen LogP contribution is -2.36. The monoisotopic (exact) mass is 365 g/mol. The molecule has 5 heteroatoms. The fourth-order valence-corrected chi connectivity index (χ4v) is 4.25. The van der Waals surface area contributed by atoms with Crippen molar-refractivity contribution in [2.45, 2.75) is 13.3 Å². The van der Waals surface area contributed by atoms with Crippen molar-refractivity contribution in [2.75, 3.05) is 36.9 Å². The Morgan fingerprint density at radius 3 is 2.54 bits per heavy atom. The summed E-state index contributed by atoms with van der Waals surface area (Å²) in [6.07, 6.45) is 0.916. The molecule has 0 saturated carbocycles. The van der Waals surface area contributed by atoms with Gasteiger partial charge in [0.05, 0.1) is 23.8 Å². The van der Waals surface area contributed by atoms with Gasteiger partial charge in [0.15, 0.2) is 5.13 Å². The number of anilines is 2. The molecule has 0 aliphatic carbocycles. The van der Waals surface area contributed by atoms with Crippen LogP contribution in [-0.2, 0) is 11.2 Å². The highest BCUT2D eigenvalue weighted by atomic mass is 32.1. The summed E-state index contributed by atoms with van der Waals surface area (Å²) in [5.41, 5.74) is 12.0. The molecule has 1 fully saturated rings. The summed E-state index contributed by atoms with van der Waals surface area (Å²) in [4.78, 5) is 7.97. The first-order valence-electron chi connectivity index (χ1n) is 8.93. The molecule has 0 bridgehead atoms. The molecule has 3 aromatic rings. The van der Waals surface area contributed by atoms with E-state index >= 15 is 0 Å². The van der Waals surface area contributed by atoms with Gasteiger partial charge in [-0.1, -0.05) is 41.7 Å². The number of nitrogens with two attached hydrogens (primary N) is 1. The lowest BCUT2D eigenvalue weighted by atomic mass is 10.00. The molecule has 1 aromatic heterocycles. The van der Waals surface area contributed by atoms with E-state index in [0.717, 1.165) is 43.3 Å². The maximum absolute atomic E-state index is 5.94.